The molecule has 4 rings (SSSR count). The summed E-state index contributed by atoms with van der Waals surface area (Å²) in [6, 6.07) is 6.01. The number of nitrogens with zero attached hydrogens (tertiary/aromatic N) is 3. The second-order valence-electron chi connectivity index (χ2n) is 4.43. The molecule has 3 aromatic rings. The summed E-state index contributed by atoms with van der Waals surface area (Å²) in [5.41, 5.74) is 4.71. The van der Waals surface area contributed by atoms with Crippen molar-refractivity contribution < 1.29 is 0 Å². The molecule has 3 nitrogen and oxygen atoms in total. The quantitative estimate of drug-likeness (QED) is 0.531. The molecular formula is C13H10ClN3S. The third-order valence-electron chi connectivity index (χ3n) is 3.32. The summed E-state index contributed by atoms with van der Waals surface area (Å²) in [7, 11) is 0. The lowest BCUT2D eigenvalue weighted by atomic mass is 10.1. The summed E-state index contributed by atoms with van der Waals surface area (Å²) in [5.74, 6) is 0. The highest BCUT2D eigenvalue weighted by Gasteiger charge is 2.26. The Balaban J connectivity index is 1.97. The van der Waals surface area contributed by atoms with E-state index in [1.54, 1.807) is 11.3 Å². The predicted molar refractivity (Wildman–Crippen MR) is 73.5 cm³/mol. The van der Waals surface area contributed by atoms with Gasteiger partial charge in [0, 0.05) is 17.0 Å². The van der Waals surface area contributed by atoms with Crippen LogP contribution < -0.4 is 0 Å². The van der Waals surface area contributed by atoms with Gasteiger partial charge in [-0.15, -0.1) is 0 Å². The van der Waals surface area contributed by atoms with E-state index in [2.05, 4.69) is 18.1 Å². The highest BCUT2D eigenvalue weighted by atomic mass is 35.5. The molecule has 0 saturated carbocycles. The van der Waals surface area contributed by atoms with E-state index in [-0.39, 0.29) is 0 Å². The smallest absolute Gasteiger partial charge is 0.212 e. The average Bonchev–Trinajstić information content (AvgIpc) is 2.97. The Morgan fingerprint density at radius 3 is 3.17 bits per heavy atom. The van der Waals surface area contributed by atoms with E-state index in [9.17, 15) is 0 Å². The van der Waals surface area contributed by atoms with Crippen LogP contribution in [0.2, 0.25) is 5.02 Å². The number of hydrogen-bond donors (Lipinski definition) is 0. The Labute approximate surface area is 113 Å². The van der Waals surface area contributed by atoms with E-state index in [0.29, 0.717) is 0 Å². The third kappa shape index (κ3) is 1.30. The monoisotopic (exact) mass is 275 g/mol. The summed E-state index contributed by atoms with van der Waals surface area (Å²) < 4.78 is 1.99. The number of aryl methyl sites for hydroxylation is 1. The lowest BCUT2D eigenvalue weighted by Crippen LogP contribution is -1.92. The Hall–Kier alpha value is -1.39. The number of rotatable bonds is 1. The molecule has 1 aliphatic rings. The fraction of sp³-hybridized carbons (Fsp3) is 0.231. The molecule has 0 bridgehead atoms. The lowest BCUT2D eigenvalue weighted by molar-refractivity contribution is 0.866. The van der Waals surface area contributed by atoms with Crippen molar-refractivity contribution in [2.45, 2.75) is 19.8 Å². The number of hydrogen-bond acceptors (Lipinski definition) is 3. The molecule has 0 atom stereocenters. The maximum Gasteiger partial charge on any atom is 0.212 e. The molecular weight excluding hydrogens is 266 g/mol. The van der Waals surface area contributed by atoms with E-state index in [4.69, 9.17) is 16.6 Å². The van der Waals surface area contributed by atoms with Crippen molar-refractivity contribution in [3.05, 3.63) is 39.5 Å². The van der Waals surface area contributed by atoms with Crippen molar-refractivity contribution in [1.29, 1.82) is 0 Å². The second-order valence-corrected chi connectivity index (χ2v) is 5.91. The van der Waals surface area contributed by atoms with Gasteiger partial charge in [-0.1, -0.05) is 35.9 Å². The standard InChI is InChI=1S/C13H10ClN3S/c1-2-11-16-17-10-6-7-5-8(14)3-4-9(7)12(10)15-13(17)18-11/h3-5H,2,6H2,1H3. The number of imidazole rings is 1. The first kappa shape index (κ1) is 10.5. The Morgan fingerprint density at radius 1 is 1.44 bits per heavy atom. The van der Waals surface area contributed by atoms with Crippen LogP contribution in [0, 0.1) is 0 Å². The minimum Gasteiger partial charge on any atom is -0.217 e. The molecule has 0 spiro atoms. The van der Waals surface area contributed by atoms with Crippen LogP contribution in [-0.4, -0.2) is 14.6 Å². The fourth-order valence-electron chi connectivity index (χ4n) is 2.47. The summed E-state index contributed by atoms with van der Waals surface area (Å²) in [4.78, 5) is 5.71. The van der Waals surface area contributed by atoms with Crippen LogP contribution in [0.4, 0.5) is 0 Å². The molecule has 5 heteroatoms. The number of aromatic nitrogens is 3. The maximum absolute atomic E-state index is 6.04. The Kier molecular flexibility index (Phi) is 2.08. The van der Waals surface area contributed by atoms with Crippen molar-refractivity contribution in [2.75, 3.05) is 0 Å². The van der Waals surface area contributed by atoms with E-state index >= 15 is 0 Å². The fourth-order valence-corrected chi connectivity index (χ4v) is 3.51. The van der Waals surface area contributed by atoms with Gasteiger partial charge in [0.15, 0.2) is 0 Å². The summed E-state index contributed by atoms with van der Waals surface area (Å²) in [6.07, 6.45) is 1.83. The van der Waals surface area contributed by atoms with Gasteiger partial charge in [0.1, 0.15) is 5.01 Å². The zero-order chi connectivity index (χ0) is 12.3. The highest BCUT2D eigenvalue weighted by Crippen LogP contribution is 2.38. The molecule has 90 valence electrons. The van der Waals surface area contributed by atoms with Gasteiger partial charge in [-0.25, -0.2) is 9.50 Å². The summed E-state index contributed by atoms with van der Waals surface area (Å²) >= 11 is 7.71. The molecule has 0 unspecified atom stereocenters. The van der Waals surface area contributed by atoms with Crippen LogP contribution in [0.5, 0.6) is 0 Å². The summed E-state index contributed by atoms with van der Waals surface area (Å²) in [6.45, 7) is 2.12. The van der Waals surface area contributed by atoms with E-state index < -0.39 is 0 Å². The van der Waals surface area contributed by atoms with Crippen molar-refractivity contribution in [3.63, 3.8) is 0 Å². The van der Waals surface area contributed by atoms with Gasteiger partial charge in [-0.2, -0.15) is 5.10 Å². The Bertz CT molecular complexity index is 772. The SMILES string of the molecule is CCc1nn2c3c(nc2s1)-c1ccc(Cl)cc1C3. The second kappa shape index (κ2) is 3.56. The van der Waals surface area contributed by atoms with Crippen molar-refractivity contribution in [3.8, 4) is 11.3 Å². The van der Waals surface area contributed by atoms with Gasteiger partial charge in [0.2, 0.25) is 4.96 Å². The molecule has 2 aromatic heterocycles. The zero-order valence-corrected chi connectivity index (χ0v) is 11.3. The normalized spacial score (nSPS) is 13.0. The molecule has 0 amide bonds. The maximum atomic E-state index is 6.04. The zero-order valence-electron chi connectivity index (χ0n) is 9.77. The van der Waals surface area contributed by atoms with Gasteiger partial charge in [0.25, 0.3) is 0 Å². The molecule has 2 heterocycles. The van der Waals surface area contributed by atoms with Crippen LogP contribution in [-0.2, 0) is 12.8 Å². The van der Waals surface area contributed by atoms with Crippen LogP contribution in [0.25, 0.3) is 16.2 Å². The first-order valence-electron chi connectivity index (χ1n) is 5.92. The van der Waals surface area contributed by atoms with Gasteiger partial charge >= 0.3 is 0 Å². The minimum atomic E-state index is 0.785. The molecule has 0 fully saturated rings. The van der Waals surface area contributed by atoms with Crippen molar-refractivity contribution in [2.24, 2.45) is 0 Å². The van der Waals surface area contributed by atoms with Gasteiger partial charge in [-0.3, -0.25) is 0 Å². The third-order valence-corrected chi connectivity index (χ3v) is 4.61. The predicted octanol–water partition coefficient (Wildman–Crippen LogP) is 3.58. The molecule has 1 aliphatic carbocycles. The topological polar surface area (TPSA) is 30.2 Å². The molecule has 0 saturated heterocycles. The molecule has 18 heavy (non-hydrogen) atoms. The van der Waals surface area contributed by atoms with E-state index in [1.165, 1.54) is 16.8 Å². The minimum absolute atomic E-state index is 0.785. The van der Waals surface area contributed by atoms with Gasteiger partial charge in [0.05, 0.1) is 11.4 Å². The van der Waals surface area contributed by atoms with Gasteiger partial charge in [-0.05, 0) is 24.1 Å². The first-order valence-corrected chi connectivity index (χ1v) is 7.12. The number of fused-ring (bicyclic) bond motifs is 5. The van der Waals surface area contributed by atoms with E-state index in [1.807, 2.05) is 16.6 Å². The molecule has 0 N–H and O–H groups in total. The van der Waals surface area contributed by atoms with Crippen LogP contribution in [0.15, 0.2) is 18.2 Å². The van der Waals surface area contributed by atoms with Crippen molar-refractivity contribution in [1.82, 2.24) is 14.6 Å². The lowest BCUT2D eigenvalue weighted by Gasteiger charge is -1.98. The molecule has 0 aliphatic heterocycles. The van der Waals surface area contributed by atoms with Gasteiger partial charge < -0.3 is 0 Å². The molecule has 1 aromatic carbocycles. The average molecular weight is 276 g/mol. The van der Waals surface area contributed by atoms with E-state index in [0.717, 1.165) is 33.5 Å². The first-order chi connectivity index (χ1) is 8.76. The number of halogens is 1. The van der Waals surface area contributed by atoms with Crippen molar-refractivity contribution >= 4 is 27.9 Å². The molecule has 0 radical (unpaired) electrons. The van der Waals surface area contributed by atoms with Crippen LogP contribution in [0.3, 0.4) is 0 Å². The largest absolute Gasteiger partial charge is 0.217 e. The summed E-state index contributed by atoms with van der Waals surface area (Å²) in [5, 5.41) is 6.53. The van der Waals surface area contributed by atoms with Crippen LogP contribution in [0.1, 0.15) is 23.2 Å². The number of benzene rings is 1. The van der Waals surface area contributed by atoms with Crippen LogP contribution >= 0.6 is 22.9 Å². The Morgan fingerprint density at radius 2 is 2.33 bits per heavy atom. The highest BCUT2D eigenvalue weighted by molar-refractivity contribution is 7.16.